The molecule has 0 radical (unpaired) electrons. The van der Waals surface area contributed by atoms with E-state index in [0.29, 0.717) is 43.5 Å². The number of amides is 1. The largest absolute Gasteiger partial charge is 0.497 e. The molecule has 9 nitrogen and oxygen atoms in total. The van der Waals surface area contributed by atoms with Gasteiger partial charge in [-0.15, -0.1) is 0 Å². The molecule has 39 heavy (non-hydrogen) atoms. The Morgan fingerprint density at radius 3 is 2.44 bits per heavy atom. The van der Waals surface area contributed by atoms with Gasteiger partial charge in [0.25, 0.3) is 5.91 Å². The fraction of sp³-hybridized carbons (Fsp3) is 0.200. The van der Waals surface area contributed by atoms with Crippen LogP contribution in [0.1, 0.15) is 16.1 Å². The SMILES string of the molecule is COc1ccc(Nc2cc(C)nc(N3CCN(C(=O)c4ccc5noc(-c6ccccc6)c5c4)CC3)n2)cc1. The molecule has 3 heterocycles. The summed E-state index contributed by atoms with van der Waals surface area (Å²) in [7, 11) is 1.65. The van der Waals surface area contributed by atoms with E-state index >= 15 is 0 Å². The van der Waals surface area contributed by atoms with Crippen molar-refractivity contribution in [1.82, 2.24) is 20.0 Å². The van der Waals surface area contributed by atoms with E-state index in [2.05, 4.69) is 20.4 Å². The summed E-state index contributed by atoms with van der Waals surface area (Å²) in [6.45, 7) is 4.38. The zero-order valence-corrected chi connectivity index (χ0v) is 21.8. The number of rotatable bonds is 6. The monoisotopic (exact) mass is 520 g/mol. The molecule has 1 aliphatic heterocycles. The van der Waals surface area contributed by atoms with Gasteiger partial charge >= 0.3 is 0 Å². The second-order valence-corrected chi connectivity index (χ2v) is 9.44. The number of piperazine rings is 1. The maximum atomic E-state index is 13.4. The minimum atomic E-state index is -0.0104. The number of carbonyl (C=O) groups is 1. The van der Waals surface area contributed by atoms with Crippen LogP contribution in [0.2, 0.25) is 0 Å². The number of methoxy groups -OCH3 is 1. The van der Waals surface area contributed by atoms with Crippen molar-refractivity contribution in [1.29, 1.82) is 0 Å². The first-order valence-electron chi connectivity index (χ1n) is 12.8. The average molecular weight is 521 g/mol. The molecule has 0 saturated carbocycles. The second-order valence-electron chi connectivity index (χ2n) is 9.44. The quantitative estimate of drug-likeness (QED) is 0.322. The van der Waals surface area contributed by atoms with Crippen LogP contribution in [0.25, 0.3) is 22.2 Å². The summed E-state index contributed by atoms with van der Waals surface area (Å²) in [5, 5.41) is 8.34. The molecule has 6 rings (SSSR count). The summed E-state index contributed by atoms with van der Waals surface area (Å²) < 4.78 is 10.8. The van der Waals surface area contributed by atoms with Crippen LogP contribution in [-0.4, -0.2) is 59.2 Å². The number of nitrogens with zero attached hydrogens (tertiary/aromatic N) is 5. The molecule has 5 aromatic rings. The van der Waals surface area contributed by atoms with E-state index in [-0.39, 0.29) is 5.91 Å². The smallest absolute Gasteiger partial charge is 0.254 e. The highest BCUT2D eigenvalue weighted by molar-refractivity contribution is 6.01. The molecule has 0 unspecified atom stereocenters. The number of benzene rings is 3. The van der Waals surface area contributed by atoms with E-state index in [0.717, 1.165) is 39.4 Å². The highest BCUT2D eigenvalue weighted by atomic mass is 16.5. The van der Waals surface area contributed by atoms with Crippen molar-refractivity contribution in [2.24, 2.45) is 0 Å². The predicted molar refractivity (Wildman–Crippen MR) is 151 cm³/mol. The Balaban J connectivity index is 1.15. The third-order valence-electron chi connectivity index (χ3n) is 6.81. The molecule has 9 heteroatoms. The van der Waals surface area contributed by atoms with E-state index in [1.807, 2.05) is 90.7 Å². The van der Waals surface area contributed by atoms with Gasteiger partial charge < -0.3 is 24.4 Å². The molecule has 1 N–H and O–H groups in total. The van der Waals surface area contributed by atoms with Gasteiger partial charge in [-0.3, -0.25) is 4.79 Å². The number of nitrogens with one attached hydrogen (secondary N) is 1. The van der Waals surface area contributed by atoms with Crippen molar-refractivity contribution >= 4 is 34.3 Å². The van der Waals surface area contributed by atoms with Crippen molar-refractivity contribution in [3.8, 4) is 17.1 Å². The van der Waals surface area contributed by atoms with Crippen LogP contribution in [0.5, 0.6) is 5.75 Å². The molecule has 2 aromatic heterocycles. The summed E-state index contributed by atoms with van der Waals surface area (Å²) >= 11 is 0. The third kappa shape index (κ3) is 5.11. The summed E-state index contributed by atoms with van der Waals surface area (Å²) in [4.78, 5) is 26.8. The summed E-state index contributed by atoms with van der Waals surface area (Å²) in [6, 6.07) is 24.9. The Morgan fingerprint density at radius 1 is 0.923 bits per heavy atom. The second kappa shape index (κ2) is 10.4. The molecule has 196 valence electrons. The van der Waals surface area contributed by atoms with Gasteiger partial charge in [-0.2, -0.15) is 4.98 Å². The van der Waals surface area contributed by atoms with Crippen LogP contribution in [0.15, 0.2) is 83.4 Å². The maximum absolute atomic E-state index is 13.4. The minimum absolute atomic E-state index is 0.0104. The highest BCUT2D eigenvalue weighted by Gasteiger charge is 2.25. The first kappa shape index (κ1) is 24.4. The fourth-order valence-electron chi connectivity index (χ4n) is 4.74. The Kier molecular flexibility index (Phi) is 6.54. The van der Waals surface area contributed by atoms with Gasteiger partial charge in [0, 0.05) is 54.8 Å². The van der Waals surface area contributed by atoms with Gasteiger partial charge in [-0.25, -0.2) is 4.98 Å². The lowest BCUT2D eigenvalue weighted by atomic mass is 10.1. The van der Waals surface area contributed by atoms with Crippen LogP contribution in [0, 0.1) is 6.92 Å². The van der Waals surface area contributed by atoms with Gasteiger partial charge in [-0.05, 0) is 49.4 Å². The number of hydrogen-bond donors (Lipinski definition) is 1. The van der Waals surface area contributed by atoms with Gasteiger partial charge in [-0.1, -0.05) is 35.5 Å². The molecule has 0 bridgehead atoms. The lowest BCUT2D eigenvalue weighted by Gasteiger charge is -2.35. The molecular formula is C30H28N6O3. The highest BCUT2D eigenvalue weighted by Crippen LogP contribution is 2.30. The number of anilines is 3. The number of fused-ring (bicyclic) bond motifs is 1. The van der Waals surface area contributed by atoms with Gasteiger partial charge in [0.1, 0.15) is 17.1 Å². The number of aryl methyl sites for hydroxylation is 1. The van der Waals surface area contributed by atoms with E-state index in [9.17, 15) is 4.79 Å². The Hall–Kier alpha value is -4.92. The standard InChI is InChI=1S/C30H28N6O3/c1-20-18-27(32-23-9-11-24(38-2)12-10-23)33-30(31-20)36-16-14-35(15-17-36)29(37)22-8-13-26-25(19-22)28(39-34-26)21-6-4-3-5-7-21/h3-13,18-19H,14-17H2,1-2H3,(H,31,32,33). The molecule has 0 spiro atoms. The van der Waals surface area contributed by atoms with Crippen LogP contribution in [0.4, 0.5) is 17.5 Å². The minimum Gasteiger partial charge on any atom is -0.497 e. The molecule has 0 aliphatic carbocycles. The predicted octanol–water partition coefficient (Wildman–Crippen LogP) is 5.31. The average Bonchev–Trinajstić information content (AvgIpc) is 3.41. The van der Waals surface area contributed by atoms with E-state index in [1.165, 1.54) is 0 Å². The third-order valence-corrected chi connectivity index (χ3v) is 6.81. The molecule has 0 atom stereocenters. The summed E-state index contributed by atoms with van der Waals surface area (Å²) in [5.41, 5.74) is 4.05. The lowest BCUT2D eigenvalue weighted by molar-refractivity contribution is 0.0746. The summed E-state index contributed by atoms with van der Waals surface area (Å²) in [5.74, 6) is 2.82. The van der Waals surface area contributed by atoms with Gasteiger partial charge in [0.2, 0.25) is 5.95 Å². The maximum Gasteiger partial charge on any atom is 0.254 e. The molecule has 1 fully saturated rings. The number of carbonyl (C=O) groups excluding carboxylic acids is 1. The topological polar surface area (TPSA) is 96.6 Å². The van der Waals surface area contributed by atoms with Crippen molar-refractivity contribution in [3.05, 3.63) is 90.1 Å². The van der Waals surface area contributed by atoms with Crippen LogP contribution < -0.4 is 15.0 Å². The zero-order valence-electron chi connectivity index (χ0n) is 21.8. The molecule has 1 saturated heterocycles. The summed E-state index contributed by atoms with van der Waals surface area (Å²) in [6.07, 6.45) is 0. The Labute approximate surface area is 226 Å². The zero-order chi connectivity index (χ0) is 26.8. The number of hydrogen-bond acceptors (Lipinski definition) is 8. The number of aromatic nitrogens is 3. The van der Waals surface area contributed by atoms with Crippen molar-refractivity contribution in [2.45, 2.75) is 6.92 Å². The Bertz CT molecular complexity index is 1610. The van der Waals surface area contributed by atoms with E-state index in [1.54, 1.807) is 7.11 Å². The van der Waals surface area contributed by atoms with Crippen LogP contribution >= 0.6 is 0 Å². The fourth-order valence-corrected chi connectivity index (χ4v) is 4.74. The first-order valence-corrected chi connectivity index (χ1v) is 12.8. The van der Waals surface area contributed by atoms with E-state index in [4.69, 9.17) is 14.2 Å². The molecule has 3 aromatic carbocycles. The van der Waals surface area contributed by atoms with Gasteiger partial charge in [0.15, 0.2) is 5.76 Å². The normalized spacial score (nSPS) is 13.5. The molecule has 1 amide bonds. The van der Waals surface area contributed by atoms with Crippen LogP contribution in [-0.2, 0) is 0 Å². The first-order chi connectivity index (χ1) is 19.1. The van der Waals surface area contributed by atoms with Crippen molar-refractivity contribution < 1.29 is 14.1 Å². The van der Waals surface area contributed by atoms with Crippen molar-refractivity contribution in [3.63, 3.8) is 0 Å². The molecule has 1 aliphatic rings. The number of ether oxygens (including phenoxy) is 1. The molecular weight excluding hydrogens is 492 g/mol. The van der Waals surface area contributed by atoms with E-state index < -0.39 is 0 Å². The Morgan fingerprint density at radius 2 is 1.69 bits per heavy atom. The van der Waals surface area contributed by atoms with Gasteiger partial charge in [0.05, 0.1) is 12.5 Å². The lowest BCUT2D eigenvalue weighted by Crippen LogP contribution is -2.49. The van der Waals surface area contributed by atoms with Crippen molar-refractivity contribution in [2.75, 3.05) is 43.5 Å². The van der Waals surface area contributed by atoms with Crippen LogP contribution in [0.3, 0.4) is 0 Å².